The summed E-state index contributed by atoms with van der Waals surface area (Å²) >= 11 is 6.04. The largest absolute Gasteiger partial charge is 0.384 e. The first-order valence-electron chi connectivity index (χ1n) is 8.40. The topological polar surface area (TPSA) is 62.2 Å². The van der Waals surface area contributed by atoms with Gasteiger partial charge in [-0.2, -0.15) is 9.36 Å². The SMILES string of the molecule is CC1(C)CCC[C@]2(O)[C@@H](c3ccc(Cl)cc3)n3cnc[n+]3C[C@@]12O. The smallest absolute Gasteiger partial charge is 0.306 e. The normalized spacial score (nSPS) is 34.5. The lowest BCUT2D eigenvalue weighted by Crippen LogP contribution is -2.78. The molecule has 4 rings (SSSR count). The summed E-state index contributed by atoms with van der Waals surface area (Å²) < 4.78 is 3.83. The molecule has 2 N–H and O–H groups in total. The van der Waals surface area contributed by atoms with Crippen LogP contribution in [0, 0.1) is 5.41 Å². The predicted octanol–water partition coefficient (Wildman–Crippen LogP) is 2.10. The van der Waals surface area contributed by atoms with Crippen LogP contribution >= 0.6 is 11.6 Å². The standard InChI is InChI=1S/C18H23ClN3O2/c1-16(2)8-3-9-17(23)15(13-4-6-14(19)7-5-13)22-12-20-11-21(22)10-18(16,17)24/h4-7,11-12,15,23-24H,3,8-10H2,1-2H3/q+1/t15-,17+,18-/m1/s1. The van der Waals surface area contributed by atoms with E-state index in [-0.39, 0.29) is 0 Å². The molecule has 0 amide bonds. The van der Waals surface area contributed by atoms with Crippen LogP contribution in [0.4, 0.5) is 0 Å². The van der Waals surface area contributed by atoms with Crippen LogP contribution in [0.25, 0.3) is 0 Å². The number of halogens is 1. The summed E-state index contributed by atoms with van der Waals surface area (Å²) in [5.74, 6) is 0. The Bertz CT molecular complexity index is 773. The van der Waals surface area contributed by atoms with E-state index in [1.807, 2.05) is 47.5 Å². The average molecular weight is 349 g/mol. The van der Waals surface area contributed by atoms with Crippen LogP contribution in [0.5, 0.6) is 0 Å². The van der Waals surface area contributed by atoms with Gasteiger partial charge in [0.1, 0.15) is 23.8 Å². The highest BCUT2D eigenvalue weighted by molar-refractivity contribution is 6.30. The lowest BCUT2D eigenvalue weighted by atomic mass is 9.54. The van der Waals surface area contributed by atoms with E-state index in [1.54, 1.807) is 12.7 Å². The van der Waals surface area contributed by atoms with E-state index in [0.717, 1.165) is 18.4 Å². The predicted molar refractivity (Wildman–Crippen MR) is 89.5 cm³/mol. The van der Waals surface area contributed by atoms with E-state index in [0.29, 0.717) is 18.0 Å². The number of aromatic nitrogens is 3. The highest BCUT2D eigenvalue weighted by Crippen LogP contribution is 2.56. The van der Waals surface area contributed by atoms with Gasteiger partial charge in [0.15, 0.2) is 0 Å². The number of aliphatic hydroxyl groups is 2. The van der Waals surface area contributed by atoms with Crippen LogP contribution in [0.15, 0.2) is 36.9 Å². The van der Waals surface area contributed by atoms with Gasteiger partial charge in [-0.15, -0.1) is 0 Å². The third kappa shape index (κ3) is 1.95. The molecule has 1 aromatic heterocycles. The summed E-state index contributed by atoms with van der Waals surface area (Å²) in [5, 5.41) is 24.1. The van der Waals surface area contributed by atoms with Crippen LogP contribution < -0.4 is 4.68 Å². The van der Waals surface area contributed by atoms with E-state index in [4.69, 9.17) is 11.6 Å². The molecule has 1 fully saturated rings. The fourth-order valence-corrected chi connectivity index (χ4v) is 4.80. The fourth-order valence-electron chi connectivity index (χ4n) is 4.68. The monoisotopic (exact) mass is 348 g/mol. The third-order valence-electron chi connectivity index (χ3n) is 6.17. The lowest BCUT2D eigenvalue weighted by molar-refractivity contribution is -0.807. The number of benzene rings is 1. The Morgan fingerprint density at radius 1 is 1.21 bits per heavy atom. The third-order valence-corrected chi connectivity index (χ3v) is 6.42. The van der Waals surface area contributed by atoms with E-state index in [2.05, 4.69) is 4.98 Å². The highest BCUT2D eigenvalue weighted by Gasteiger charge is 2.68. The first-order chi connectivity index (χ1) is 11.3. The molecule has 6 heteroatoms. The Labute approximate surface area is 146 Å². The maximum atomic E-state index is 11.8. The zero-order chi connectivity index (χ0) is 17.2. The van der Waals surface area contributed by atoms with Crippen LogP contribution in [-0.4, -0.2) is 31.1 Å². The van der Waals surface area contributed by atoms with Crippen molar-refractivity contribution in [2.75, 3.05) is 0 Å². The molecule has 0 bridgehead atoms. The van der Waals surface area contributed by atoms with Gasteiger partial charge in [0.2, 0.25) is 6.33 Å². The van der Waals surface area contributed by atoms with E-state index < -0.39 is 22.7 Å². The van der Waals surface area contributed by atoms with Crippen LogP contribution in [0.1, 0.15) is 44.7 Å². The second-order valence-corrected chi connectivity index (χ2v) is 8.27. The molecule has 1 aliphatic heterocycles. The average Bonchev–Trinajstić information content (AvgIpc) is 2.95. The molecule has 0 spiro atoms. The summed E-state index contributed by atoms with van der Waals surface area (Å²) in [4.78, 5) is 4.24. The second kappa shape index (κ2) is 5.04. The van der Waals surface area contributed by atoms with Crippen molar-refractivity contribution in [2.24, 2.45) is 5.41 Å². The molecule has 24 heavy (non-hydrogen) atoms. The summed E-state index contributed by atoms with van der Waals surface area (Å²) in [6, 6.07) is 7.08. The van der Waals surface area contributed by atoms with Gasteiger partial charge in [0, 0.05) is 10.4 Å². The van der Waals surface area contributed by atoms with Gasteiger partial charge < -0.3 is 10.2 Å². The van der Waals surface area contributed by atoms with Gasteiger partial charge in [-0.25, -0.2) is 0 Å². The van der Waals surface area contributed by atoms with Crippen LogP contribution in [-0.2, 0) is 6.54 Å². The number of hydrogen-bond acceptors (Lipinski definition) is 3. The van der Waals surface area contributed by atoms with Gasteiger partial charge in [-0.1, -0.05) is 37.6 Å². The molecular formula is C18H23ClN3O2+. The fraction of sp³-hybridized carbons (Fsp3) is 0.556. The van der Waals surface area contributed by atoms with Gasteiger partial charge in [0.05, 0.1) is 0 Å². The van der Waals surface area contributed by atoms with Crippen molar-refractivity contribution in [3.05, 3.63) is 47.5 Å². The molecule has 0 unspecified atom stereocenters. The summed E-state index contributed by atoms with van der Waals surface area (Å²) in [7, 11) is 0. The number of rotatable bonds is 1. The van der Waals surface area contributed by atoms with Crippen molar-refractivity contribution < 1.29 is 14.9 Å². The Hall–Kier alpha value is -1.43. The molecule has 2 heterocycles. The highest BCUT2D eigenvalue weighted by atomic mass is 35.5. The second-order valence-electron chi connectivity index (χ2n) is 7.83. The van der Waals surface area contributed by atoms with Crippen LogP contribution in [0.3, 0.4) is 0 Å². The maximum Gasteiger partial charge on any atom is 0.306 e. The maximum absolute atomic E-state index is 11.8. The number of hydrogen-bond donors (Lipinski definition) is 2. The minimum atomic E-state index is -1.26. The lowest BCUT2D eigenvalue weighted by Gasteiger charge is -2.59. The molecule has 3 atom stereocenters. The van der Waals surface area contributed by atoms with Crippen molar-refractivity contribution in [3.8, 4) is 0 Å². The van der Waals surface area contributed by atoms with Gasteiger partial charge >= 0.3 is 6.33 Å². The number of fused-ring (bicyclic) bond motifs is 2. The zero-order valence-electron chi connectivity index (χ0n) is 14.0. The van der Waals surface area contributed by atoms with E-state index in [9.17, 15) is 10.2 Å². The molecule has 128 valence electrons. The molecular weight excluding hydrogens is 326 g/mol. The number of nitrogens with zero attached hydrogens (tertiary/aromatic N) is 3. The molecule has 1 saturated carbocycles. The molecule has 2 aromatic rings. The summed E-state index contributed by atoms with van der Waals surface area (Å²) in [6.07, 6.45) is 5.75. The van der Waals surface area contributed by atoms with Crippen molar-refractivity contribution in [1.82, 2.24) is 9.67 Å². The molecule has 2 aliphatic rings. The van der Waals surface area contributed by atoms with Crippen LogP contribution in [0.2, 0.25) is 5.02 Å². The Balaban J connectivity index is 1.95. The Morgan fingerprint density at radius 2 is 1.92 bits per heavy atom. The van der Waals surface area contributed by atoms with Gasteiger partial charge in [-0.3, -0.25) is 0 Å². The molecule has 0 saturated heterocycles. The molecule has 0 radical (unpaired) electrons. The quantitative estimate of drug-likeness (QED) is 0.776. The summed E-state index contributed by atoms with van der Waals surface area (Å²) in [5.41, 5.74) is -1.97. The van der Waals surface area contributed by atoms with Gasteiger partial charge in [0.25, 0.3) is 0 Å². The Kier molecular flexibility index (Phi) is 3.37. The summed E-state index contributed by atoms with van der Waals surface area (Å²) in [6.45, 7) is 4.42. The minimum Gasteiger partial charge on any atom is -0.384 e. The van der Waals surface area contributed by atoms with Crippen molar-refractivity contribution in [1.29, 1.82) is 0 Å². The van der Waals surface area contributed by atoms with E-state index >= 15 is 0 Å². The van der Waals surface area contributed by atoms with Crippen molar-refractivity contribution in [3.63, 3.8) is 0 Å². The van der Waals surface area contributed by atoms with Crippen molar-refractivity contribution >= 4 is 11.6 Å². The first-order valence-corrected chi connectivity index (χ1v) is 8.78. The molecule has 1 aromatic carbocycles. The zero-order valence-corrected chi connectivity index (χ0v) is 14.7. The van der Waals surface area contributed by atoms with Gasteiger partial charge in [-0.05, 0) is 41.9 Å². The van der Waals surface area contributed by atoms with E-state index in [1.165, 1.54) is 0 Å². The van der Waals surface area contributed by atoms with Crippen molar-refractivity contribution in [2.45, 2.75) is 56.9 Å². The Morgan fingerprint density at radius 3 is 2.62 bits per heavy atom. The minimum absolute atomic E-state index is 0.334. The molecule has 1 aliphatic carbocycles. The molecule has 5 nitrogen and oxygen atoms in total. The first kappa shape index (κ1) is 16.1.